The number of nitrogens with two attached hydrogens (primary N) is 1. The Labute approximate surface area is 176 Å². The van der Waals surface area contributed by atoms with Crippen LogP contribution < -0.4 is 16.4 Å². The van der Waals surface area contributed by atoms with Crippen molar-refractivity contribution in [1.82, 2.24) is 25.2 Å². The molecule has 30 heavy (non-hydrogen) atoms. The molecule has 1 aliphatic carbocycles. The zero-order valence-corrected chi connectivity index (χ0v) is 16.8. The van der Waals surface area contributed by atoms with Crippen LogP contribution in [0.5, 0.6) is 0 Å². The molecule has 0 saturated carbocycles. The Morgan fingerprint density at radius 1 is 1.17 bits per heavy atom. The van der Waals surface area contributed by atoms with Crippen molar-refractivity contribution >= 4 is 40.9 Å². The van der Waals surface area contributed by atoms with Gasteiger partial charge in [-0.3, -0.25) is 9.69 Å². The summed E-state index contributed by atoms with van der Waals surface area (Å²) in [5, 5.41) is 7.95. The van der Waals surface area contributed by atoms with E-state index in [1.54, 1.807) is 11.3 Å². The Morgan fingerprint density at radius 2 is 2.00 bits per heavy atom. The molecule has 0 unspecified atom stereocenters. The molecule has 0 bridgehead atoms. The maximum Gasteiger partial charge on any atom is 0.325 e. The molecule has 2 aliphatic rings. The summed E-state index contributed by atoms with van der Waals surface area (Å²) in [4.78, 5) is 40.9. The highest BCUT2D eigenvalue weighted by Gasteiger charge is 2.54. The molecule has 1 aromatic carbocycles. The molecule has 10 heteroatoms. The van der Waals surface area contributed by atoms with Gasteiger partial charge in [-0.05, 0) is 42.8 Å². The van der Waals surface area contributed by atoms with Crippen molar-refractivity contribution in [2.24, 2.45) is 0 Å². The van der Waals surface area contributed by atoms with Crippen molar-refractivity contribution < 1.29 is 9.59 Å². The monoisotopic (exact) mass is 421 g/mol. The van der Waals surface area contributed by atoms with E-state index in [0.717, 1.165) is 33.9 Å². The molecular weight excluding hydrogens is 402 g/mol. The van der Waals surface area contributed by atoms with Crippen molar-refractivity contribution in [2.45, 2.75) is 31.3 Å². The average Bonchev–Trinajstić information content (AvgIpc) is 3.29. The number of carbonyl (C=O) groups excluding carboxylic acids is 2. The van der Waals surface area contributed by atoms with Crippen molar-refractivity contribution in [2.75, 3.05) is 11.1 Å². The first-order valence-corrected chi connectivity index (χ1v) is 10.5. The van der Waals surface area contributed by atoms with E-state index in [-0.39, 0.29) is 30.2 Å². The third kappa shape index (κ3) is 3.05. The highest BCUT2D eigenvalue weighted by molar-refractivity contribution is 7.10. The molecule has 5 rings (SSSR count). The van der Waals surface area contributed by atoms with Crippen LogP contribution in [0.3, 0.4) is 0 Å². The SMILES string of the molecule is Nc1nc(CN2C(=O)N[C@]3(CCCc4sccc43)C2=O)nc(Nc2ccccc2)n1. The molecule has 9 nitrogen and oxygen atoms in total. The van der Waals surface area contributed by atoms with Crippen LogP contribution in [0.25, 0.3) is 0 Å². The van der Waals surface area contributed by atoms with Gasteiger partial charge in [0.25, 0.3) is 5.91 Å². The lowest BCUT2D eigenvalue weighted by Gasteiger charge is -2.31. The van der Waals surface area contributed by atoms with E-state index in [1.807, 2.05) is 41.8 Å². The lowest BCUT2D eigenvalue weighted by atomic mass is 9.80. The second-order valence-electron chi connectivity index (χ2n) is 7.26. The molecular formula is C20H19N7O2S. The minimum absolute atomic E-state index is 0.0120. The van der Waals surface area contributed by atoms with Gasteiger partial charge in [0.05, 0.1) is 6.54 Å². The summed E-state index contributed by atoms with van der Waals surface area (Å²) in [6, 6.07) is 10.9. The van der Waals surface area contributed by atoms with Crippen LogP contribution in [0.4, 0.5) is 22.4 Å². The summed E-state index contributed by atoms with van der Waals surface area (Å²) in [6.45, 7) is -0.0813. The van der Waals surface area contributed by atoms with Crippen LogP contribution in [0.15, 0.2) is 41.8 Å². The van der Waals surface area contributed by atoms with E-state index in [9.17, 15) is 9.59 Å². The number of aryl methyl sites for hydroxylation is 1. The number of fused-ring (bicyclic) bond motifs is 2. The largest absolute Gasteiger partial charge is 0.368 e. The smallest absolute Gasteiger partial charge is 0.325 e. The van der Waals surface area contributed by atoms with Gasteiger partial charge in [-0.2, -0.15) is 15.0 Å². The van der Waals surface area contributed by atoms with Gasteiger partial charge in [-0.1, -0.05) is 18.2 Å². The third-order valence-electron chi connectivity index (χ3n) is 5.37. The lowest BCUT2D eigenvalue weighted by Crippen LogP contribution is -2.46. The number of para-hydroxylation sites is 1. The number of hydrogen-bond donors (Lipinski definition) is 3. The Hall–Kier alpha value is -3.53. The second-order valence-corrected chi connectivity index (χ2v) is 8.26. The predicted molar refractivity (Wildman–Crippen MR) is 112 cm³/mol. The first-order chi connectivity index (χ1) is 14.5. The molecule has 1 aliphatic heterocycles. The van der Waals surface area contributed by atoms with Crippen LogP contribution in [-0.2, 0) is 23.3 Å². The summed E-state index contributed by atoms with van der Waals surface area (Å²) in [5.41, 5.74) is 6.54. The number of urea groups is 1. The number of aromatic nitrogens is 3. The fraction of sp³-hybridized carbons (Fsp3) is 0.250. The number of carbonyl (C=O) groups is 2. The minimum Gasteiger partial charge on any atom is -0.368 e. The van der Waals surface area contributed by atoms with Crippen LogP contribution in [0.2, 0.25) is 0 Å². The van der Waals surface area contributed by atoms with Gasteiger partial charge < -0.3 is 16.4 Å². The van der Waals surface area contributed by atoms with Gasteiger partial charge in [0, 0.05) is 16.1 Å². The van der Waals surface area contributed by atoms with Gasteiger partial charge >= 0.3 is 6.03 Å². The number of nitrogens with one attached hydrogen (secondary N) is 2. The Kier molecular flexibility index (Phi) is 4.35. The minimum atomic E-state index is -0.992. The topological polar surface area (TPSA) is 126 Å². The molecule has 152 valence electrons. The Bertz CT molecular complexity index is 1130. The van der Waals surface area contributed by atoms with Gasteiger partial charge in [-0.25, -0.2) is 4.79 Å². The van der Waals surface area contributed by atoms with E-state index in [0.29, 0.717) is 6.42 Å². The van der Waals surface area contributed by atoms with Crippen molar-refractivity contribution in [3.05, 3.63) is 58.0 Å². The average molecular weight is 421 g/mol. The number of hydrogen-bond acceptors (Lipinski definition) is 8. The summed E-state index contributed by atoms with van der Waals surface area (Å²) in [6.07, 6.45) is 2.35. The highest BCUT2D eigenvalue weighted by Crippen LogP contribution is 2.42. The second kappa shape index (κ2) is 7.06. The summed E-state index contributed by atoms with van der Waals surface area (Å²) < 4.78 is 0. The number of imide groups is 1. The summed E-state index contributed by atoms with van der Waals surface area (Å²) in [5.74, 6) is 0.229. The highest BCUT2D eigenvalue weighted by atomic mass is 32.1. The van der Waals surface area contributed by atoms with E-state index in [1.165, 1.54) is 0 Å². The molecule has 0 radical (unpaired) electrons. The summed E-state index contributed by atoms with van der Waals surface area (Å²) in [7, 11) is 0. The molecule has 1 atom stereocenters. The molecule has 2 aromatic heterocycles. The van der Waals surface area contributed by atoms with E-state index < -0.39 is 11.6 Å². The van der Waals surface area contributed by atoms with E-state index in [4.69, 9.17) is 5.73 Å². The number of anilines is 3. The molecule has 3 amide bonds. The lowest BCUT2D eigenvalue weighted by molar-refractivity contribution is -0.132. The molecule has 1 fully saturated rings. The van der Waals surface area contributed by atoms with Gasteiger partial charge in [0.2, 0.25) is 11.9 Å². The Balaban J connectivity index is 1.41. The zero-order valence-electron chi connectivity index (χ0n) is 16.0. The van der Waals surface area contributed by atoms with Crippen LogP contribution in [0.1, 0.15) is 29.1 Å². The number of nitrogen functional groups attached to an aromatic ring is 1. The summed E-state index contributed by atoms with van der Waals surface area (Å²) >= 11 is 1.62. The zero-order chi connectivity index (χ0) is 20.7. The van der Waals surface area contributed by atoms with E-state index in [2.05, 4.69) is 25.6 Å². The third-order valence-corrected chi connectivity index (χ3v) is 6.35. The number of rotatable bonds is 4. The van der Waals surface area contributed by atoms with Crippen molar-refractivity contribution in [3.63, 3.8) is 0 Å². The molecule has 3 heterocycles. The van der Waals surface area contributed by atoms with Crippen molar-refractivity contribution in [1.29, 1.82) is 0 Å². The molecule has 1 spiro atoms. The molecule has 4 N–H and O–H groups in total. The first-order valence-electron chi connectivity index (χ1n) is 9.59. The fourth-order valence-electron chi connectivity index (χ4n) is 4.04. The maximum absolute atomic E-state index is 13.3. The van der Waals surface area contributed by atoms with Gasteiger partial charge in [0.1, 0.15) is 5.54 Å². The molecule has 1 saturated heterocycles. The van der Waals surface area contributed by atoms with Gasteiger partial charge in [-0.15, -0.1) is 11.3 Å². The maximum atomic E-state index is 13.3. The van der Waals surface area contributed by atoms with Crippen molar-refractivity contribution in [3.8, 4) is 0 Å². The molecule has 3 aromatic rings. The quantitative estimate of drug-likeness (QED) is 0.553. The van der Waals surface area contributed by atoms with Crippen LogP contribution in [0, 0.1) is 0 Å². The first kappa shape index (κ1) is 18.5. The van der Waals surface area contributed by atoms with Gasteiger partial charge in [0.15, 0.2) is 5.82 Å². The van der Waals surface area contributed by atoms with Crippen LogP contribution >= 0.6 is 11.3 Å². The standard InChI is InChI=1S/C20H19N7O2S/c21-17-23-15(24-18(25-17)22-12-5-2-1-3-6-12)11-27-16(28)20(26-19(27)29)9-4-7-14-13(20)8-10-30-14/h1-3,5-6,8,10H,4,7,9,11H2,(H,26,29)(H3,21,22,23,24,25)/t20-/m0/s1. The number of amides is 3. The number of nitrogens with zero attached hydrogens (tertiary/aromatic N) is 4. The fourth-order valence-corrected chi connectivity index (χ4v) is 5.04. The predicted octanol–water partition coefficient (Wildman–Crippen LogP) is 2.54. The number of benzene rings is 1. The Morgan fingerprint density at radius 3 is 2.83 bits per heavy atom. The van der Waals surface area contributed by atoms with E-state index >= 15 is 0 Å². The normalized spacial score (nSPS) is 20.3. The number of thiophene rings is 1. The van der Waals surface area contributed by atoms with Crippen LogP contribution in [-0.4, -0.2) is 31.8 Å².